The van der Waals surface area contributed by atoms with Gasteiger partial charge in [0.05, 0.1) is 22.9 Å². The predicted molar refractivity (Wildman–Crippen MR) is 86.9 cm³/mol. The summed E-state index contributed by atoms with van der Waals surface area (Å²) >= 11 is 0. The summed E-state index contributed by atoms with van der Waals surface area (Å²) in [7, 11) is 0. The molecule has 1 aromatic heterocycles. The first-order valence-corrected chi connectivity index (χ1v) is 7.89. The molecule has 2 N–H and O–H groups in total. The van der Waals surface area contributed by atoms with Gasteiger partial charge < -0.3 is 10.4 Å². The molecule has 0 bridgehead atoms. The first-order chi connectivity index (χ1) is 10.5. The van der Waals surface area contributed by atoms with Crippen LogP contribution in [0.15, 0.2) is 24.3 Å². The molecule has 0 aliphatic heterocycles. The monoisotopic (exact) mass is 298 g/mol. The van der Waals surface area contributed by atoms with E-state index in [1.165, 1.54) is 0 Å². The summed E-state index contributed by atoms with van der Waals surface area (Å²) in [5.74, 6) is 0.0758. The first-order valence-electron chi connectivity index (χ1n) is 7.89. The fourth-order valence-corrected chi connectivity index (χ4v) is 3.18. The Morgan fingerprint density at radius 1 is 1.32 bits per heavy atom. The Morgan fingerprint density at radius 2 is 2.14 bits per heavy atom. The van der Waals surface area contributed by atoms with Crippen LogP contribution >= 0.6 is 0 Å². The quantitative estimate of drug-likeness (QED) is 0.916. The summed E-state index contributed by atoms with van der Waals surface area (Å²) in [5, 5.41) is 13.8. The lowest BCUT2D eigenvalue weighted by atomic mass is 10.0. The number of aromatic nitrogens is 1. The third kappa shape index (κ3) is 2.97. The van der Waals surface area contributed by atoms with Gasteiger partial charge in [-0.3, -0.25) is 9.78 Å². The molecule has 2 atom stereocenters. The van der Waals surface area contributed by atoms with Crippen LogP contribution in [0.1, 0.15) is 40.9 Å². The van der Waals surface area contributed by atoms with Crippen LogP contribution in [0.2, 0.25) is 0 Å². The number of fused-ring (bicyclic) bond motifs is 1. The number of pyridine rings is 1. The molecule has 1 heterocycles. The highest BCUT2D eigenvalue weighted by atomic mass is 16.3. The van der Waals surface area contributed by atoms with Gasteiger partial charge in [-0.25, -0.2) is 0 Å². The van der Waals surface area contributed by atoms with Crippen LogP contribution in [0.3, 0.4) is 0 Å². The number of aryl methyl sites for hydroxylation is 2. The first kappa shape index (κ1) is 15.0. The van der Waals surface area contributed by atoms with E-state index in [1.54, 1.807) is 0 Å². The van der Waals surface area contributed by atoms with E-state index in [0.29, 0.717) is 12.1 Å². The van der Waals surface area contributed by atoms with Crippen molar-refractivity contribution < 1.29 is 9.90 Å². The number of hydrogen-bond acceptors (Lipinski definition) is 3. The van der Waals surface area contributed by atoms with E-state index in [0.717, 1.165) is 41.4 Å². The molecule has 1 saturated carbocycles. The zero-order valence-electron chi connectivity index (χ0n) is 13.1. The van der Waals surface area contributed by atoms with Gasteiger partial charge in [0.25, 0.3) is 5.91 Å². The van der Waals surface area contributed by atoms with Gasteiger partial charge in [-0.05, 0) is 44.4 Å². The topological polar surface area (TPSA) is 62.2 Å². The summed E-state index contributed by atoms with van der Waals surface area (Å²) in [4.78, 5) is 16.9. The number of amides is 1. The predicted octanol–water partition coefficient (Wildman–Crippen LogP) is 2.74. The number of carbonyl (C=O) groups is 1. The molecule has 1 aliphatic rings. The van der Waals surface area contributed by atoms with Gasteiger partial charge in [0, 0.05) is 17.8 Å². The van der Waals surface area contributed by atoms with E-state index in [-0.39, 0.29) is 17.9 Å². The number of nitrogens with one attached hydrogen (secondary N) is 1. The highest BCUT2D eigenvalue weighted by molar-refractivity contribution is 5.98. The van der Waals surface area contributed by atoms with E-state index in [2.05, 4.69) is 10.3 Å². The van der Waals surface area contributed by atoms with Crippen LogP contribution in [0.25, 0.3) is 10.9 Å². The number of hydrogen-bond donors (Lipinski definition) is 2. The fourth-order valence-electron chi connectivity index (χ4n) is 3.18. The van der Waals surface area contributed by atoms with Gasteiger partial charge in [0.2, 0.25) is 0 Å². The van der Waals surface area contributed by atoms with Crippen LogP contribution in [0.5, 0.6) is 0 Å². The Morgan fingerprint density at radius 3 is 2.86 bits per heavy atom. The van der Waals surface area contributed by atoms with Crippen molar-refractivity contribution in [1.29, 1.82) is 0 Å². The molecule has 0 radical (unpaired) electrons. The molecular formula is C18H22N2O2. The van der Waals surface area contributed by atoms with Crippen LogP contribution in [-0.2, 0) is 0 Å². The third-order valence-corrected chi connectivity index (χ3v) is 4.55. The highest BCUT2D eigenvalue weighted by Crippen LogP contribution is 2.25. The van der Waals surface area contributed by atoms with Crippen molar-refractivity contribution in [2.75, 3.05) is 6.54 Å². The number of nitrogens with zero attached hydrogens (tertiary/aromatic N) is 1. The van der Waals surface area contributed by atoms with Gasteiger partial charge in [-0.2, -0.15) is 0 Å². The minimum Gasteiger partial charge on any atom is -0.393 e. The molecule has 1 aromatic carbocycles. The zero-order chi connectivity index (χ0) is 15.7. The van der Waals surface area contributed by atoms with Crippen molar-refractivity contribution in [1.82, 2.24) is 10.3 Å². The Kier molecular flexibility index (Phi) is 4.12. The summed E-state index contributed by atoms with van der Waals surface area (Å²) < 4.78 is 0. The van der Waals surface area contributed by atoms with E-state index in [9.17, 15) is 9.90 Å². The molecule has 0 spiro atoms. The molecule has 1 amide bonds. The average Bonchev–Trinajstić information content (AvgIpc) is 2.89. The lowest BCUT2D eigenvalue weighted by Crippen LogP contribution is -2.32. The molecular weight excluding hydrogens is 276 g/mol. The Bertz CT molecular complexity index is 712. The molecule has 4 nitrogen and oxygen atoms in total. The lowest BCUT2D eigenvalue weighted by molar-refractivity contribution is 0.0916. The summed E-state index contributed by atoms with van der Waals surface area (Å²) in [6, 6.07) is 7.95. The fraction of sp³-hybridized carbons (Fsp3) is 0.444. The van der Waals surface area contributed by atoms with Gasteiger partial charge in [-0.1, -0.05) is 18.6 Å². The van der Waals surface area contributed by atoms with Crippen molar-refractivity contribution in [3.8, 4) is 0 Å². The number of benzene rings is 1. The molecule has 3 rings (SSSR count). The SMILES string of the molecule is Cc1ccc2cc(C(=O)NCC3CCCC3O)c(C)nc2c1. The third-order valence-electron chi connectivity index (χ3n) is 4.55. The number of carbonyl (C=O) groups excluding carboxylic acids is 1. The van der Waals surface area contributed by atoms with E-state index < -0.39 is 0 Å². The standard InChI is InChI=1S/C18H22N2O2/c1-11-6-7-13-9-15(12(2)20-16(13)8-11)18(22)19-10-14-4-3-5-17(14)21/h6-9,14,17,21H,3-5,10H2,1-2H3,(H,19,22). The van der Waals surface area contributed by atoms with Crippen LogP contribution in [0, 0.1) is 19.8 Å². The van der Waals surface area contributed by atoms with Gasteiger partial charge in [0.1, 0.15) is 0 Å². The van der Waals surface area contributed by atoms with Gasteiger partial charge >= 0.3 is 0 Å². The second-order valence-corrected chi connectivity index (χ2v) is 6.29. The Balaban J connectivity index is 1.78. The van der Waals surface area contributed by atoms with E-state index in [1.807, 2.05) is 38.1 Å². The van der Waals surface area contributed by atoms with Crippen LogP contribution in [-0.4, -0.2) is 28.6 Å². The molecule has 1 aliphatic carbocycles. The number of rotatable bonds is 3. The smallest absolute Gasteiger partial charge is 0.253 e. The maximum Gasteiger partial charge on any atom is 0.253 e. The van der Waals surface area contributed by atoms with Crippen molar-refractivity contribution in [2.24, 2.45) is 5.92 Å². The lowest BCUT2D eigenvalue weighted by Gasteiger charge is -2.15. The number of aliphatic hydroxyl groups excluding tert-OH is 1. The normalized spacial score (nSPS) is 21.2. The molecule has 0 saturated heterocycles. The molecule has 4 heteroatoms. The summed E-state index contributed by atoms with van der Waals surface area (Å²) in [6.07, 6.45) is 2.59. The number of aliphatic hydroxyl groups is 1. The van der Waals surface area contributed by atoms with Crippen molar-refractivity contribution >= 4 is 16.8 Å². The molecule has 116 valence electrons. The van der Waals surface area contributed by atoms with E-state index >= 15 is 0 Å². The second kappa shape index (κ2) is 6.05. The van der Waals surface area contributed by atoms with Crippen LogP contribution in [0.4, 0.5) is 0 Å². The van der Waals surface area contributed by atoms with Crippen molar-refractivity contribution in [3.05, 3.63) is 41.1 Å². The minimum absolute atomic E-state index is 0.105. The zero-order valence-corrected chi connectivity index (χ0v) is 13.1. The largest absolute Gasteiger partial charge is 0.393 e. The Hall–Kier alpha value is -1.94. The Labute approximate surface area is 130 Å². The minimum atomic E-state index is -0.279. The van der Waals surface area contributed by atoms with Gasteiger partial charge in [-0.15, -0.1) is 0 Å². The molecule has 2 unspecified atom stereocenters. The average molecular weight is 298 g/mol. The maximum absolute atomic E-state index is 12.4. The van der Waals surface area contributed by atoms with Crippen LogP contribution < -0.4 is 5.32 Å². The highest BCUT2D eigenvalue weighted by Gasteiger charge is 2.25. The molecule has 2 aromatic rings. The molecule has 1 fully saturated rings. The van der Waals surface area contributed by atoms with Crippen molar-refractivity contribution in [3.63, 3.8) is 0 Å². The van der Waals surface area contributed by atoms with E-state index in [4.69, 9.17) is 0 Å². The molecule has 22 heavy (non-hydrogen) atoms. The van der Waals surface area contributed by atoms with Crippen molar-refractivity contribution in [2.45, 2.75) is 39.2 Å². The van der Waals surface area contributed by atoms with Gasteiger partial charge in [0.15, 0.2) is 0 Å². The summed E-state index contributed by atoms with van der Waals surface area (Å²) in [6.45, 7) is 4.43. The second-order valence-electron chi connectivity index (χ2n) is 6.29. The maximum atomic E-state index is 12.4. The summed E-state index contributed by atoms with van der Waals surface area (Å²) in [5.41, 5.74) is 3.43.